The molecule has 0 saturated carbocycles. The van der Waals surface area contributed by atoms with Crippen LogP contribution in [0.2, 0.25) is 0 Å². The Morgan fingerprint density at radius 2 is 2.07 bits per heavy atom. The molecule has 1 saturated heterocycles. The molecule has 0 bridgehead atoms. The third-order valence-corrected chi connectivity index (χ3v) is 5.04. The summed E-state index contributed by atoms with van der Waals surface area (Å²) < 4.78 is 3.93. The normalized spacial score (nSPS) is 30.3. The molecule has 0 aliphatic carbocycles. The fourth-order valence-electron chi connectivity index (χ4n) is 1.49. The fourth-order valence-corrected chi connectivity index (χ4v) is 4.93. The standard InChI is InChI=1S/C9H13Cl3O2S/c1-5(13)14-7-9(11,12)6(4-15-7)8(2,3)10/h6-7H,4H2,1-3H3/t6-,7-/m1/s1. The van der Waals surface area contributed by atoms with Crippen molar-refractivity contribution >= 4 is 52.5 Å². The second kappa shape index (κ2) is 4.52. The average molecular weight is 292 g/mol. The summed E-state index contributed by atoms with van der Waals surface area (Å²) in [6.07, 6.45) is 0. The molecule has 0 radical (unpaired) electrons. The Balaban J connectivity index is 2.80. The summed E-state index contributed by atoms with van der Waals surface area (Å²) in [5.41, 5.74) is -0.540. The van der Waals surface area contributed by atoms with Gasteiger partial charge in [-0.3, -0.25) is 4.79 Å². The molecule has 0 aromatic carbocycles. The number of alkyl halides is 3. The Bertz CT molecular complexity index is 263. The minimum Gasteiger partial charge on any atom is -0.448 e. The molecule has 1 rings (SSSR count). The van der Waals surface area contributed by atoms with Gasteiger partial charge in [-0.25, -0.2) is 0 Å². The van der Waals surface area contributed by atoms with Crippen LogP contribution in [0.3, 0.4) is 0 Å². The molecule has 0 amide bonds. The highest BCUT2D eigenvalue weighted by molar-refractivity contribution is 8.00. The van der Waals surface area contributed by atoms with E-state index in [-0.39, 0.29) is 11.9 Å². The Labute approximate surface area is 109 Å². The van der Waals surface area contributed by atoms with Gasteiger partial charge in [0.2, 0.25) is 0 Å². The molecule has 2 nitrogen and oxygen atoms in total. The first-order valence-electron chi connectivity index (χ1n) is 4.51. The molecule has 1 fully saturated rings. The maximum absolute atomic E-state index is 10.9. The lowest BCUT2D eigenvalue weighted by atomic mass is 9.93. The molecule has 88 valence electrons. The number of esters is 1. The number of thioether (sulfide) groups is 1. The summed E-state index contributed by atoms with van der Waals surface area (Å²) in [5.74, 6) is 0.178. The van der Waals surface area contributed by atoms with Crippen LogP contribution < -0.4 is 0 Å². The van der Waals surface area contributed by atoms with Crippen molar-refractivity contribution in [2.75, 3.05) is 5.75 Å². The van der Waals surface area contributed by atoms with E-state index in [1.807, 2.05) is 13.8 Å². The van der Waals surface area contributed by atoms with Gasteiger partial charge in [0.1, 0.15) is 0 Å². The van der Waals surface area contributed by atoms with Crippen molar-refractivity contribution in [2.45, 2.75) is 35.4 Å². The third kappa shape index (κ3) is 3.09. The fraction of sp³-hybridized carbons (Fsp3) is 0.889. The van der Waals surface area contributed by atoms with Gasteiger partial charge in [0.25, 0.3) is 0 Å². The van der Waals surface area contributed by atoms with E-state index in [1.54, 1.807) is 0 Å². The van der Waals surface area contributed by atoms with Gasteiger partial charge in [0.05, 0.1) is 0 Å². The summed E-state index contributed by atoms with van der Waals surface area (Å²) in [4.78, 5) is 10.3. The minimum atomic E-state index is -1.12. The molecule has 2 atom stereocenters. The molecule has 1 heterocycles. The van der Waals surface area contributed by atoms with Gasteiger partial charge in [-0.05, 0) is 13.8 Å². The quantitative estimate of drug-likeness (QED) is 0.576. The van der Waals surface area contributed by atoms with E-state index in [4.69, 9.17) is 39.5 Å². The smallest absolute Gasteiger partial charge is 0.303 e. The molecule has 15 heavy (non-hydrogen) atoms. The summed E-state index contributed by atoms with van der Waals surface area (Å²) in [6.45, 7) is 5.05. The SMILES string of the molecule is CC(=O)O[C@@H]1SC[C@H](C(C)(C)Cl)C1(Cl)Cl. The summed E-state index contributed by atoms with van der Waals surface area (Å²) in [6, 6.07) is 0. The number of halogens is 3. The number of rotatable bonds is 2. The Kier molecular flexibility index (Phi) is 4.14. The van der Waals surface area contributed by atoms with Crippen LogP contribution in [0, 0.1) is 5.92 Å². The van der Waals surface area contributed by atoms with Crippen molar-refractivity contribution in [1.82, 2.24) is 0 Å². The van der Waals surface area contributed by atoms with E-state index in [9.17, 15) is 4.79 Å². The summed E-state index contributed by atoms with van der Waals surface area (Å²) in [7, 11) is 0. The van der Waals surface area contributed by atoms with Gasteiger partial charge in [-0.15, -0.1) is 23.4 Å². The maximum atomic E-state index is 10.9. The first-order chi connectivity index (χ1) is 6.65. The Morgan fingerprint density at radius 1 is 1.53 bits per heavy atom. The first kappa shape index (κ1) is 13.8. The Morgan fingerprint density at radius 3 is 2.40 bits per heavy atom. The van der Waals surface area contributed by atoms with Crippen LogP contribution in [-0.4, -0.2) is 26.4 Å². The zero-order chi connectivity index (χ0) is 11.9. The van der Waals surface area contributed by atoms with Crippen molar-refractivity contribution in [3.8, 4) is 0 Å². The molecule has 0 spiro atoms. The van der Waals surface area contributed by atoms with Crippen molar-refractivity contribution in [1.29, 1.82) is 0 Å². The van der Waals surface area contributed by atoms with Crippen LogP contribution >= 0.6 is 46.6 Å². The zero-order valence-electron chi connectivity index (χ0n) is 8.72. The number of carbonyl (C=O) groups is 1. The molecule has 6 heteroatoms. The van der Waals surface area contributed by atoms with Gasteiger partial charge in [-0.1, -0.05) is 23.2 Å². The van der Waals surface area contributed by atoms with Gasteiger partial charge in [-0.2, -0.15) is 0 Å². The van der Waals surface area contributed by atoms with E-state index >= 15 is 0 Å². The van der Waals surface area contributed by atoms with E-state index in [0.717, 1.165) is 0 Å². The monoisotopic (exact) mass is 290 g/mol. The lowest BCUT2D eigenvalue weighted by molar-refractivity contribution is -0.142. The highest BCUT2D eigenvalue weighted by Gasteiger charge is 2.55. The second-order valence-electron chi connectivity index (χ2n) is 4.07. The molecule has 1 aliphatic rings. The second-order valence-corrected chi connectivity index (χ2v) is 7.58. The van der Waals surface area contributed by atoms with E-state index in [0.29, 0.717) is 5.75 Å². The van der Waals surface area contributed by atoms with Gasteiger partial charge in [0.15, 0.2) is 9.77 Å². The molecule has 0 aromatic heterocycles. The number of hydrogen-bond acceptors (Lipinski definition) is 3. The van der Waals surface area contributed by atoms with Gasteiger partial charge in [0, 0.05) is 23.5 Å². The van der Waals surface area contributed by atoms with E-state index in [1.165, 1.54) is 18.7 Å². The molecule has 0 N–H and O–H groups in total. The maximum Gasteiger partial charge on any atom is 0.303 e. The van der Waals surface area contributed by atoms with Crippen molar-refractivity contribution in [3.05, 3.63) is 0 Å². The van der Waals surface area contributed by atoms with Crippen LogP contribution in [0.25, 0.3) is 0 Å². The predicted molar refractivity (Wildman–Crippen MR) is 65.9 cm³/mol. The topological polar surface area (TPSA) is 26.3 Å². The molecule has 0 aromatic rings. The number of carbonyl (C=O) groups excluding carboxylic acids is 1. The largest absolute Gasteiger partial charge is 0.448 e. The Hall–Kier alpha value is 0.690. The van der Waals surface area contributed by atoms with E-state index < -0.39 is 14.6 Å². The number of ether oxygens (including phenoxy) is 1. The predicted octanol–water partition coefficient (Wildman–Crippen LogP) is 3.43. The van der Waals surface area contributed by atoms with Crippen molar-refractivity contribution in [3.63, 3.8) is 0 Å². The van der Waals surface area contributed by atoms with Crippen LogP contribution in [0.5, 0.6) is 0 Å². The van der Waals surface area contributed by atoms with Gasteiger partial charge >= 0.3 is 5.97 Å². The lowest BCUT2D eigenvalue weighted by Gasteiger charge is -2.33. The molecule has 1 aliphatic heterocycles. The van der Waals surface area contributed by atoms with Crippen LogP contribution in [0.1, 0.15) is 20.8 Å². The van der Waals surface area contributed by atoms with Crippen LogP contribution in [0.15, 0.2) is 0 Å². The summed E-state index contributed by atoms with van der Waals surface area (Å²) >= 11 is 20.0. The number of hydrogen-bond donors (Lipinski definition) is 0. The highest BCUT2D eigenvalue weighted by Crippen LogP contribution is 2.54. The summed E-state index contributed by atoms with van der Waals surface area (Å²) in [5, 5.41) is 0. The highest BCUT2D eigenvalue weighted by atomic mass is 35.5. The van der Waals surface area contributed by atoms with Crippen LogP contribution in [0.4, 0.5) is 0 Å². The van der Waals surface area contributed by atoms with Crippen molar-refractivity contribution in [2.24, 2.45) is 5.92 Å². The first-order valence-corrected chi connectivity index (χ1v) is 6.69. The lowest BCUT2D eigenvalue weighted by Crippen LogP contribution is -2.42. The molecular formula is C9H13Cl3O2S. The van der Waals surface area contributed by atoms with Crippen LogP contribution in [-0.2, 0) is 9.53 Å². The average Bonchev–Trinajstić information content (AvgIpc) is 2.24. The molecule has 0 unspecified atom stereocenters. The molecular weight excluding hydrogens is 279 g/mol. The third-order valence-electron chi connectivity index (χ3n) is 2.29. The zero-order valence-corrected chi connectivity index (χ0v) is 11.8. The van der Waals surface area contributed by atoms with Crippen molar-refractivity contribution < 1.29 is 9.53 Å². The minimum absolute atomic E-state index is 0.121. The van der Waals surface area contributed by atoms with Gasteiger partial charge < -0.3 is 4.74 Å². The van der Waals surface area contributed by atoms with E-state index in [2.05, 4.69) is 0 Å².